The van der Waals surface area contributed by atoms with Gasteiger partial charge in [-0.05, 0) is 60.5 Å². The smallest absolute Gasteiger partial charge is 0.257 e. The lowest BCUT2D eigenvalue weighted by molar-refractivity contribution is 0.0974. The van der Waals surface area contributed by atoms with E-state index >= 15 is 0 Å². The van der Waals surface area contributed by atoms with Gasteiger partial charge in [0.2, 0.25) is 0 Å². The van der Waals surface area contributed by atoms with Crippen molar-refractivity contribution in [1.29, 1.82) is 0 Å². The van der Waals surface area contributed by atoms with Crippen molar-refractivity contribution in [2.75, 3.05) is 19.5 Å². The number of benzene rings is 1. The molecule has 172 valence electrons. The van der Waals surface area contributed by atoms with Gasteiger partial charge in [0, 0.05) is 16.5 Å². The molecule has 0 saturated carbocycles. The first-order valence-corrected chi connectivity index (χ1v) is 11.6. The Balaban J connectivity index is 1.79. The van der Waals surface area contributed by atoms with Crippen LogP contribution in [0.5, 0.6) is 11.5 Å². The minimum Gasteiger partial charge on any atom is -0.497 e. The molecule has 2 aromatic rings. The first-order chi connectivity index (χ1) is 15.0. The molecule has 1 aromatic carbocycles. The molecule has 1 aromatic heterocycles. The summed E-state index contributed by atoms with van der Waals surface area (Å²) in [5, 5.41) is 6.33. The molecule has 2 amide bonds. The first-order valence-electron chi connectivity index (χ1n) is 10.3. The van der Waals surface area contributed by atoms with Crippen LogP contribution in [0.2, 0.25) is 0 Å². The van der Waals surface area contributed by atoms with E-state index in [1.165, 1.54) is 25.6 Å². The molecule has 1 atom stereocenters. The quantitative estimate of drug-likeness (QED) is 0.562. The molecule has 4 N–H and O–H groups in total. The molecule has 1 aliphatic carbocycles. The van der Waals surface area contributed by atoms with Gasteiger partial charge in [0.15, 0.2) is 5.11 Å². The van der Waals surface area contributed by atoms with Gasteiger partial charge in [0.05, 0.1) is 19.8 Å². The lowest BCUT2D eigenvalue weighted by Crippen LogP contribution is -2.34. The minimum atomic E-state index is -0.495. The third-order valence-electron chi connectivity index (χ3n) is 5.80. The molecule has 0 saturated heterocycles. The van der Waals surface area contributed by atoms with Crippen LogP contribution >= 0.6 is 23.6 Å². The molecule has 9 heteroatoms. The van der Waals surface area contributed by atoms with Gasteiger partial charge in [0.1, 0.15) is 16.5 Å². The van der Waals surface area contributed by atoms with Crippen molar-refractivity contribution in [2.24, 2.45) is 17.1 Å². The summed E-state index contributed by atoms with van der Waals surface area (Å²) in [4.78, 5) is 26.1. The number of rotatable bonds is 5. The van der Waals surface area contributed by atoms with Crippen LogP contribution in [0.15, 0.2) is 18.2 Å². The zero-order valence-corrected chi connectivity index (χ0v) is 20.6. The zero-order valence-electron chi connectivity index (χ0n) is 19.0. The Morgan fingerprint density at radius 1 is 1.16 bits per heavy atom. The van der Waals surface area contributed by atoms with Gasteiger partial charge in [0.25, 0.3) is 11.8 Å². The van der Waals surface area contributed by atoms with E-state index < -0.39 is 11.8 Å². The fourth-order valence-electron chi connectivity index (χ4n) is 3.92. The van der Waals surface area contributed by atoms with Crippen LogP contribution in [0.1, 0.15) is 58.3 Å². The van der Waals surface area contributed by atoms with Crippen LogP contribution in [0.3, 0.4) is 0 Å². The molecule has 0 unspecified atom stereocenters. The maximum atomic E-state index is 12.7. The normalized spacial score (nSPS) is 15.5. The van der Waals surface area contributed by atoms with Crippen molar-refractivity contribution < 1.29 is 19.1 Å². The Morgan fingerprint density at radius 3 is 2.31 bits per heavy atom. The van der Waals surface area contributed by atoms with Gasteiger partial charge in [-0.2, -0.15) is 0 Å². The number of carbonyl (C=O) groups is 2. The molecule has 0 spiro atoms. The summed E-state index contributed by atoms with van der Waals surface area (Å²) in [7, 11) is 3.02. The number of nitrogens with two attached hydrogens (primary N) is 1. The largest absolute Gasteiger partial charge is 0.497 e. The molecule has 0 fully saturated rings. The van der Waals surface area contributed by atoms with Crippen molar-refractivity contribution in [2.45, 2.75) is 40.0 Å². The number of carbonyl (C=O) groups excluding carboxylic acids is 2. The second-order valence-electron chi connectivity index (χ2n) is 8.89. The van der Waals surface area contributed by atoms with E-state index in [9.17, 15) is 9.59 Å². The number of hydrogen-bond acceptors (Lipinski definition) is 6. The molecule has 0 aliphatic heterocycles. The van der Waals surface area contributed by atoms with Crippen molar-refractivity contribution in [1.82, 2.24) is 5.32 Å². The summed E-state index contributed by atoms with van der Waals surface area (Å²) in [6.07, 6.45) is 2.70. The number of primary amides is 1. The SMILES string of the molecule is COc1cc(OC)cc(C(=O)NC(=S)Nc2sc3c(c2C(N)=O)CC[C@@H](C(C)(C)C)C3)c1. The Labute approximate surface area is 197 Å². The van der Waals surface area contributed by atoms with Crippen molar-refractivity contribution in [3.05, 3.63) is 39.8 Å². The molecule has 0 bridgehead atoms. The van der Waals surface area contributed by atoms with Gasteiger partial charge in [-0.15, -0.1) is 11.3 Å². The maximum absolute atomic E-state index is 12.7. The number of methoxy groups -OCH3 is 2. The Hall–Kier alpha value is -2.65. The predicted molar refractivity (Wildman–Crippen MR) is 131 cm³/mol. The van der Waals surface area contributed by atoms with Crippen LogP contribution < -0.4 is 25.8 Å². The highest BCUT2D eigenvalue weighted by atomic mass is 32.1. The van der Waals surface area contributed by atoms with Crippen molar-refractivity contribution in [3.63, 3.8) is 0 Å². The van der Waals surface area contributed by atoms with E-state index in [4.69, 9.17) is 27.4 Å². The monoisotopic (exact) mass is 475 g/mol. The maximum Gasteiger partial charge on any atom is 0.257 e. The molecule has 3 rings (SSSR count). The Morgan fingerprint density at radius 2 is 1.78 bits per heavy atom. The third kappa shape index (κ3) is 5.21. The number of amides is 2. The number of thiocarbonyl (C=S) groups is 1. The van der Waals surface area contributed by atoms with Crippen molar-refractivity contribution in [3.8, 4) is 11.5 Å². The summed E-state index contributed by atoms with van der Waals surface area (Å²) in [5.74, 6) is 0.588. The number of thiophene rings is 1. The molecule has 1 heterocycles. The van der Waals surface area contributed by atoms with E-state index in [2.05, 4.69) is 31.4 Å². The summed E-state index contributed by atoms with van der Waals surface area (Å²) in [6, 6.07) is 4.85. The predicted octanol–water partition coefficient (Wildman–Crippen LogP) is 4.14. The number of nitrogens with one attached hydrogen (secondary N) is 2. The van der Waals surface area contributed by atoms with Gasteiger partial charge < -0.3 is 20.5 Å². The molecule has 1 aliphatic rings. The van der Waals surface area contributed by atoms with Gasteiger partial charge in [-0.25, -0.2) is 0 Å². The molecule has 0 radical (unpaired) electrons. The van der Waals surface area contributed by atoms with Crippen LogP contribution in [-0.2, 0) is 12.8 Å². The molecular formula is C23H29N3O4S2. The summed E-state index contributed by atoms with van der Waals surface area (Å²) in [6.45, 7) is 6.72. The molecule has 7 nitrogen and oxygen atoms in total. The van der Waals surface area contributed by atoms with Crippen molar-refractivity contribution >= 4 is 45.5 Å². The van der Waals surface area contributed by atoms with E-state index in [0.29, 0.717) is 33.5 Å². The fourth-order valence-corrected chi connectivity index (χ4v) is 5.52. The highest BCUT2D eigenvalue weighted by Crippen LogP contribution is 2.44. The molecular weight excluding hydrogens is 446 g/mol. The van der Waals surface area contributed by atoms with E-state index in [0.717, 1.165) is 29.7 Å². The number of anilines is 1. The lowest BCUT2D eigenvalue weighted by atomic mass is 9.72. The highest BCUT2D eigenvalue weighted by Gasteiger charge is 2.33. The summed E-state index contributed by atoms with van der Waals surface area (Å²) >= 11 is 6.84. The minimum absolute atomic E-state index is 0.0882. The fraction of sp³-hybridized carbons (Fsp3) is 0.435. The lowest BCUT2D eigenvalue weighted by Gasteiger charge is -2.33. The van der Waals surface area contributed by atoms with Crippen LogP contribution in [0, 0.1) is 11.3 Å². The van der Waals surface area contributed by atoms with Gasteiger partial charge in [-0.3, -0.25) is 14.9 Å². The number of hydrogen-bond donors (Lipinski definition) is 3. The number of ether oxygens (including phenoxy) is 2. The number of fused-ring (bicyclic) bond motifs is 1. The molecule has 32 heavy (non-hydrogen) atoms. The summed E-state index contributed by atoms with van der Waals surface area (Å²) in [5.41, 5.74) is 7.69. The third-order valence-corrected chi connectivity index (χ3v) is 7.18. The van der Waals surface area contributed by atoms with Crippen LogP contribution in [-0.4, -0.2) is 31.1 Å². The van der Waals surface area contributed by atoms with Crippen LogP contribution in [0.25, 0.3) is 0 Å². The van der Waals surface area contributed by atoms with E-state index in [1.807, 2.05) is 0 Å². The second-order valence-corrected chi connectivity index (χ2v) is 10.4. The van der Waals surface area contributed by atoms with Gasteiger partial charge in [-0.1, -0.05) is 20.8 Å². The zero-order chi connectivity index (χ0) is 23.6. The van der Waals surface area contributed by atoms with E-state index in [-0.39, 0.29) is 10.5 Å². The average molecular weight is 476 g/mol. The average Bonchev–Trinajstić information content (AvgIpc) is 3.09. The topological polar surface area (TPSA) is 103 Å². The Kier molecular flexibility index (Phi) is 7.09. The van der Waals surface area contributed by atoms with Crippen LogP contribution in [0.4, 0.5) is 5.00 Å². The Bertz CT molecular complexity index is 1030. The second kappa shape index (κ2) is 9.46. The highest BCUT2D eigenvalue weighted by molar-refractivity contribution is 7.80. The first kappa shape index (κ1) is 24.0. The van der Waals surface area contributed by atoms with E-state index in [1.54, 1.807) is 18.2 Å². The van der Waals surface area contributed by atoms with Gasteiger partial charge >= 0.3 is 0 Å². The summed E-state index contributed by atoms with van der Waals surface area (Å²) < 4.78 is 10.4. The standard InChI is InChI=1S/C23H29N3O4S2/c1-23(2,3)13-6-7-16-17(10-13)32-21(18(16)19(24)27)26-22(31)25-20(28)12-8-14(29-4)11-15(9-12)30-5/h8-9,11,13H,6-7,10H2,1-5H3,(H2,24,27)(H2,25,26,28,31)/t13-/m1/s1.